The summed E-state index contributed by atoms with van der Waals surface area (Å²) in [6.07, 6.45) is 2.55. The van der Waals surface area contributed by atoms with Gasteiger partial charge >= 0.3 is 6.09 Å². The Morgan fingerprint density at radius 3 is 2.85 bits per heavy atom. The molecule has 0 unspecified atom stereocenters. The van der Waals surface area contributed by atoms with Crippen LogP contribution >= 0.6 is 11.3 Å². The van der Waals surface area contributed by atoms with E-state index in [0.29, 0.717) is 23.2 Å². The van der Waals surface area contributed by atoms with E-state index < -0.39 is 6.09 Å². The molecule has 1 amide bonds. The van der Waals surface area contributed by atoms with Gasteiger partial charge in [0.15, 0.2) is 0 Å². The molecule has 4 atom stereocenters. The van der Waals surface area contributed by atoms with E-state index in [-0.39, 0.29) is 11.9 Å². The van der Waals surface area contributed by atoms with E-state index in [1.54, 1.807) is 6.07 Å². The van der Waals surface area contributed by atoms with Crippen molar-refractivity contribution in [1.82, 2.24) is 4.90 Å². The van der Waals surface area contributed by atoms with Crippen LogP contribution in [0.15, 0.2) is 35.7 Å². The van der Waals surface area contributed by atoms with Gasteiger partial charge in [-0.1, -0.05) is 6.07 Å². The molecule has 2 aliphatic rings. The maximum absolute atomic E-state index is 13.7. The number of carbonyl (C=O) groups is 1. The van der Waals surface area contributed by atoms with Crippen molar-refractivity contribution in [1.29, 1.82) is 0 Å². The Labute approximate surface area is 157 Å². The van der Waals surface area contributed by atoms with Gasteiger partial charge in [0, 0.05) is 22.9 Å². The molecular formula is C20H23FN2O2S. The molecule has 1 aromatic carbocycles. The van der Waals surface area contributed by atoms with Gasteiger partial charge in [0.05, 0.1) is 5.69 Å². The minimum atomic E-state index is -0.462. The van der Waals surface area contributed by atoms with Gasteiger partial charge in [0.25, 0.3) is 0 Å². The van der Waals surface area contributed by atoms with E-state index in [1.165, 1.54) is 29.9 Å². The Morgan fingerprint density at radius 1 is 1.27 bits per heavy atom. The van der Waals surface area contributed by atoms with Crippen LogP contribution in [0.5, 0.6) is 0 Å². The van der Waals surface area contributed by atoms with Crippen molar-refractivity contribution in [3.05, 3.63) is 41.5 Å². The second kappa shape index (κ2) is 7.00. The highest BCUT2D eigenvalue weighted by Gasteiger charge is 2.50. The van der Waals surface area contributed by atoms with Crippen LogP contribution < -0.4 is 5.32 Å². The van der Waals surface area contributed by atoms with Crippen LogP contribution in [0.1, 0.15) is 19.3 Å². The van der Waals surface area contributed by atoms with E-state index in [9.17, 15) is 9.18 Å². The number of amides is 1. The van der Waals surface area contributed by atoms with Gasteiger partial charge in [-0.15, -0.1) is 11.3 Å². The molecule has 2 aliphatic carbocycles. The lowest BCUT2D eigenvalue weighted by atomic mass is 9.92. The number of anilines is 1. The molecule has 0 aliphatic heterocycles. The molecule has 2 aromatic rings. The summed E-state index contributed by atoms with van der Waals surface area (Å²) in [5.41, 5.74) is 1.25. The Balaban J connectivity index is 1.44. The Hall–Kier alpha value is -1.92. The van der Waals surface area contributed by atoms with Crippen molar-refractivity contribution in [3.8, 4) is 10.4 Å². The highest BCUT2D eigenvalue weighted by Crippen LogP contribution is 2.51. The average Bonchev–Trinajstić information content (AvgIpc) is 3.16. The van der Waals surface area contributed by atoms with Gasteiger partial charge in [0.2, 0.25) is 0 Å². The summed E-state index contributed by atoms with van der Waals surface area (Å²) >= 11 is 1.51. The topological polar surface area (TPSA) is 41.6 Å². The second-order valence-electron chi connectivity index (χ2n) is 7.48. The van der Waals surface area contributed by atoms with Gasteiger partial charge in [0.1, 0.15) is 11.9 Å². The summed E-state index contributed by atoms with van der Waals surface area (Å²) in [5, 5.41) is 4.74. The lowest BCUT2D eigenvalue weighted by Gasteiger charge is -2.32. The first-order chi connectivity index (χ1) is 12.5. The maximum atomic E-state index is 13.7. The van der Waals surface area contributed by atoms with E-state index in [0.717, 1.165) is 23.6 Å². The summed E-state index contributed by atoms with van der Waals surface area (Å²) in [5.74, 6) is 1.12. The first-order valence-corrected chi connectivity index (χ1v) is 9.86. The van der Waals surface area contributed by atoms with Crippen LogP contribution in [-0.4, -0.2) is 37.2 Å². The van der Waals surface area contributed by atoms with Crippen molar-refractivity contribution in [2.75, 3.05) is 19.4 Å². The summed E-state index contributed by atoms with van der Waals surface area (Å²) in [6, 6.07) is 8.68. The van der Waals surface area contributed by atoms with Crippen molar-refractivity contribution >= 4 is 23.1 Å². The molecule has 4 nitrogen and oxygen atoms in total. The van der Waals surface area contributed by atoms with Gasteiger partial charge < -0.3 is 9.64 Å². The minimum Gasteiger partial charge on any atom is -0.446 e. The van der Waals surface area contributed by atoms with E-state index >= 15 is 0 Å². The zero-order chi connectivity index (χ0) is 18.3. The normalized spacial score (nSPS) is 27.1. The molecule has 1 N–H and O–H groups in total. The van der Waals surface area contributed by atoms with Crippen molar-refractivity contribution in [3.63, 3.8) is 0 Å². The van der Waals surface area contributed by atoms with Crippen molar-refractivity contribution in [2.24, 2.45) is 11.8 Å². The highest BCUT2D eigenvalue weighted by molar-refractivity contribution is 7.13. The minimum absolute atomic E-state index is 0.0585. The smallest absolute Gasteiger partial charge is 0.411 e. The molecule has 138 valence electrons. The van der Waals surface area contributed by atoms with E-state index in [2.05, 4.69) is 24.3 Å². The molecule has 26 heavy (non-hydrogen) atoms. The highest BCUT2D eigenvalue weighted by atomic mass is 32.1. The van der Waals surface area contributed by atoms with Crippen LogP contribution in [0.3, 0.4) is 0 Å². The summed E-state index contributed by atoms with van der Waals surface area (Å²) < 4.78 is 19.4. The molecule has 1 heterocycles. The quantitative estimate of drug-likeness (QED) is 0.833. The molecule has 1 aromatic heterocycles. The predicted octanol–water partition coefficient (Wildman–Crippen LogP) is 4.83. The van der Waals surface area contributed by atoms with Crippen LogP contribution in [-0.2, 0) is 4.74 Å². The number of halogens is 1. The number of nitrogens with one attached hydrogen (secondary N) is 1. The molecular weight excluding hydrogens is 351 g/mol. The van der Waals surface area contributed by atoms with E-state index in [4.69, 9.17) is 4.74 Å². The molecule has 4 rings (SSSR count). The second-order valence-corrected chi connectivity index (χ2v) is 8.43. The largest absolute Gasteiger partial charge is 0.446 e. The molecule has 0 radical (unpaired) electrons. The SMILES string of the molecule is CN(C)[C@@H]1C[C@@H](OC(=O)Nc2ccc(F)cc2-c2cccs2)C[C@@H]2C[C@@H]21. The van der Waals surface area contributed by atoms with Crippen LogP contribution in [0, 0.1) is 17.7 Å². The third-order valence-corrected chi connectivity index (χ3v) is 6.39. The molecule has 0 bridgehead atoms. The van der Waals surface area contributed by atoms with Gasteiger partial charge in [-0.3, -0.25) is 5.32 Å². The number of hydrogen-bond acceptors (Lipinski definition) is 4. The number of ether oxygens (including phenoxy) is 1. The summed E-state index contributed by atoms with van der Waals surface area (Å²) in [4.78, 5) is 15.6. The number of thiophene rings is 1. The number of carbonyl (C=O) groups excluding carboxylic acids is 1. The lowest BCUT2D eigenvalue weighted by molar-refractivity contribution is 0.0539. The Kier molecular flexibility index (Phi) is 4.71. The first kappa shape index (κ1) is 17.5. The van der Waals surface area contributed by atoms with E-state index in [1.807, 2.05) is 17.5 Å². The maximum Gasteiger partial charge on any atom is 0.411 e. The fraction of sp³-hybridized carbons (Fsp3) is 0.450. The number of fused-ring (bicyclic) bond motifs is 1. The van der Waals surface area contributed by atoms with Gasteiger partial charge in [-0.25, -0.2) is 9.18 Å². The molecule has 2 saturated carbocycles. The first-order valence-electron chi connectivity index (χ1n) is 8.98. The average molecular weight is 374 g/mol. The number of nitrogens with zero attached hydrogens (tertiary/aromatic N) is 1. The Morgan fingerprint density at radius 2 is 2.12 bits per heavy atom. The van der Waals surface area contributed by atoms with Crippen molar-refractivity contribution in [2.45, 2.75) is 31.4 Å². The zero-order valence-electron chi connectivity index (χ0n) is 14.9. The fourth-order valence-electron chi connectivity index (χ4n) is 4.13. The molecule has 0 spiro atoms. The van der Waals surface area contributed by atoms with Gasteiger partial charge in [-0.05, 0) is 68.4 Å². The van der Waals surface area contributed by atoms with Gasteiger partial charge in [-0.2, -0.15) is 0 Å². The molecule has 6 heteroatoms. The predicted molar refractivity (Wildman–Crippen MR) is 102 cm³/mol. The number of hydrogen-bond donors (Lipinski definition) is 1. The molecule has 0 saturated heterocycles. The number of benzene rings is 1. The number of rotatable bonds is 4. The third kappa shape index (κ3) is 3.62. The monoisotopic (exact) mass is 374 g/mol. The third-order valence-electron chi connectivity index (χ3n) is 5.48. The Bertz CT molecular complexity index is 793. The lowest BCUT2D eigenvalue weighted by Crippen LogP contribution is -2.39. The summed E-state index contributed by atoms with van der Waals surface area (Å²) in [7, 11) is 4.18. The zero-order valence-corrected chi connectivity index (χ0v) is 15.8. The fourth-order valence-corrected chi connectivity index (χ4v) is 4.89. The summed E-state index contributed by atoms with van der Waals surface area (Å²) in [6.45, 7) is 0. The van der Waals surface area contributed by atoms with Crippen molar-refractivity contribution < 1.29 is 13.9 Å². The van der Waals surface area contributed by atoms with Crippen LogP contribution in [0.4, 0.5) is 14.9 Å². The standard InChI is InChI=1S/C20H23FN2O2S/c1-23(2)18-11-14(8-12-9-15(12)18)25-20(24)22-17-6-5-13(21)10-16(17)19-4-3-7-26-19/h3-7,10,12,14-15,18H,8-9,11H2,1-2H3,(H,22,24)/t12-,14+,15+,18-/m1/s1. The molecule has 2 fully saturated rings. The van der Waals surface area contributed by atoms with Crippen LogP contribution in [0.2, 0.25) is 0 Å². The van der Waals surface area contributed by atoms with Crippen LogP contribution in [0.25, 0.3) is 10.4 Å².